The van der Waals surface area contributed by atoms with E-state index in [4.69, 9.17) is 11.4 Å². The van der Waals surface area contributed by atoms with E-state index in [-0.39, 0.29) is 5.41 Å². The highest BCUT2D eigenvalue weighted by molar-refractivity contribution is 7.96. The van der Waals surface area contributed by atoms with Crippen LogP contribution in [0.4, 0.5) is 0 Å². The minimum Gasteiger partial charge on any atom is -0.452 e. The summed E-state index contributed by atoms with van der Waals surface area (Å²) in [6.07, 6.45) is 0. The van der Waals surface area contributed by atoms with Gasteiger partial charge in [-0.05, 0) is 56.1 Å². The maximum Gasteiger partial charge on any atom is 0.171 e. The Labute approximate surface area is 257 Å². The molecule has 6 aromatic rings. The predicted octanol–water partition coefficient (Wildman–Crippen LogP) is 7.96. The van der Waals surface area contributed by atoms with E-state index in [9.17, 15) is 0 Å². The zero-order valence-electron chi connectivity index (χ0n) is 24.5. The first-order valence-electron chi connectivity index (χ1n) is 14.7. The van der Waals surface area contributed by atoms with Crippen molar-refractivity contribution in [1.82, 2.24) is 0 Å². The first-order valence-corrected chi connectivity index (χ1v) is 18.0. The summed E-state index contributed by atoms with van der Waals surface area (Å²) >= 11 is 0. The molecule has 1 nitrogen and oxygen atoms in total. The lowest BCUT2D eigenvalue weighted by atomic mass is 9.76. The van der Waals surface area contributed by atoms with E-state index in [1.54, 1.807) is 0 Å². The van der Waals surface area contributed by atoms with Gasteiger partial charge in [-0.15, -0.1) is 0 Å². The topological polar surface area (TPSA) is 9.23 Å². The highest BCUT2D eigenvalue weighted by atomic mass is 31.2. The van der Waals surface area contributed by atoms with Gasteiger partial charge >= 0.3 is 0 Å². The number of fused-ring (bicyclic) bond motifs is 2. The standard InChI is InChI=1S/C40H34OP2/c1-40(2)34-26-16-28-36(42(30-18-8-4-9-19-30)31-20-10-5-11-21-31)38(34)41-39-35(40)27-17-29-37(39)43(3,32-22-12-6-13-23-32)33-24-14-7-15-25-33/h4-29H,3H2,1-2H3. The Morgan fingerprint density at radius 1 is 0.512 bits per heavy atom. The molecule has 0 fully saturated rings. The molecule has 6 aromatic carbocycles. The Bertz CT molecular complexity index is 1790. The minimum atomic E-state index is -2.28. The summed E-state index contributed by atoms with van der Waals surface area (Å²) in [5.41, 5.74) is 2.17. The Balaban J connectivity index is 1.48. The smallest absolute Gasteiger partial charge is 0.171 e. The van der Waals surface area contributed by atoms with Crippen molar-refractivity contribution in [3.63, 3.8) is 0 Å². The van der Waals surface area contributed by atoms with Crippen LogP contribution in [-0.2, 0) is 5.41 Å². The molecule has 1 aliphatic heterocycles. The maximum absolute atomic E-state index is 7.29. The van der Waals surface area contributed by atoms with Gasteiger partial charge in [-0.1, -0.05) is 141 Å². The summed E-state index contributed by atoms with van der Waals surface area (Å²) in [6, 6.07) is 56.7. The van der Waals surface area contributed by atoms with Crippen molar-refractivity contribution < 1.29 is 4.74 Å². The molecule has 0 saturated heterocycles. The molecule has 0 unspecified atom stereocenters. The fourth-order valence-electron chi connectivity index (χ4n) is 6.35. The van der Waals surface area contributed by atoms with Gasteiger partial charge in [0.2, 0.25) is 0 Å². The molecule has 0 radical (unpaired) electrons. The molecule has 7 rings (SSSR count). The zero-order valence-corrected chi connectivity index (χ0v) is 26.3. The second kappa shape index (κ2) is 11.2. The van der Waals surface area contributed by atoms with Crippen molar-refractivity contribution in [2.45, 2.75) is 19.3 Å². The van der Waals surface area contributed by atoms with Crippen LogP contribution >= 0.6 is 15.2 Å². The second-order valence-electron chi connectivity index (χ2n) is 11.5. The Hall–Kier alpha value is -4.02. The monoisotopic (exact) mass is 592 g/mol. The summed E-state index contributed by atoms with van der Waals surface area (Å²) in [5.74, 6) is 1.94. The Morgan fingerprint density at radius 3 is 1.47 bits per heavy atom. The molecule has 3 heteroatoms. The number of rotatable bonds is 6. The van der Waals surface area contributed by atoms with Crippen LogP contribution < -0.4 is 36.6 Å². The fraction of sp³-hybridized carbons (Fsp3) is 0.0750. The summed E-state index contributed by atoms with van der Waals surface area (Å²) in [6.45, 7) is 9.75. The molecule has 210 valence electrons. The van der Waals surface area contributed by atoms with Gasteiger partial charge in [-0.2, -0.15) is 6.66 Å². The van der Waals surface area contributed by atoms with Crippen LogP contribution in [0.15, 0.2) is 158 Å². The zero-order chi connectivity index (χ0) is 29.4. The molecule has 0 aromatic heterocycles. The molecular formula is C40H34OP2. The van der Waals surface area contributed by atoms with Gasteiger partial charge in [-0.3, -0.25) is 0 Å². The van der Waals surface area contributed by atoms with E-state index in [2.05, 4.69) is 172 Å². The van der Waals surface area contributed by atoms with Crippen LogP contribution in [0.5, 0.6) is 11.5 Å². The Kier molecular flexibility index (Phi) is 7.26. The third-order valence-corrected chi connectivity index (χ3v) is 14.6. The second-order valence-corrected chi connectivity index (χ2v) is 16.8. The van der Waals surface area contributed by atoms with Crippen molar-refractivity contribution in [3.8, 4) is 11.5 Å². The molecule has 0 spiro atoms. The van der Waals surface area contributed by atoms with Crippen LogP contribution in [0.2, 0.25) is 0 Å². The summed E-state index contributed by atoms with van der Waals surface area (Å²) < 4.78 is 7.29. The van der Waals surface area contributed by atoms with E-state index < -0.39 is 15.2 Å². The highest BCUT2D eigenvalue weighted by Gasteiger charge is 2.43. The van der Waals surface area contributed by atoms with E-state index >= 15 is 0 Å². The number of benzene rings is 6. The molecule has 43 heavy (non-hydrogen) atoms. The first-order chi connectivity index (χ1) is 21.0. The van der Waals surface area contributed by atoms with E-state index in [1.807, 2.05) is 0 Å². The normalized spacial score (nSPS) is 13.6. The van der Waals surface area contributed by atoms with Crippen molar-refractivity contribution in [2.24, 2.45) is 0 Å². The lowest BCUT2D eigenvalue weighted by Crippen LogP contribution is -2.35. The third kappa shape index (κ3) is 4.73. The molecule has 1 aliphatic rings. The van der Waals surface area contributed by atoms with Crippen LogP contribution in [0, 0.1) is 6.66 Å². The van der Waals surface area contributed by atoms with Crippen molar-refractivity contribution >= 4 is 47.0 Å². The number of ether oxygens (including phenoxy) is 1. The number of hydrogen-bond acceptors (Lipinski definition) is 1. The maximum atomic E-state index is 7.29. The van der Waals surface area contributed by atoms with E-state index in [1.165, 1.54) is 43.0 Å². The van der Waals surface area contributed by atoms with Crippen LogP contribution in [0.1, 0.15) is 25.0 Å². The molecular weight excluding hydrogens is 558 g/mol. The number of para-hydroxylation sites is 2. The molecule has 0 bridgehead atoms. The Morgan fingerprint density at radius 2 is 0.953 bits per heavy atom. The highest BCUT2D eigenvalue weighted by Crippen LogP contribution is 2.59. The van der Waals surface area contributed by atoms with Gasteiger partial charge in [0.05, 0.1) is 10.6 Å². The van der Waals surface area contributed by atoms with Gasteiger partial charge in [0, 0.05) is 21.8 Å². The van der Waals surface area contributed by atoms with Gasteiger partial charge < -0.3 is 4.74 Å². The fourth-order valence-corrected chi connectivity index (χ4v) is 11.8. The minimum absolute atomic E-state index is 0.262. The molecule has 0 aliphatic carbocycles. The van der Waals surface area contributed by atoms with E-state index in [0.717, 1.165) is 11.5 Å². The summed E-state index contributed by atoms with van der Waals surface area (Å²) in [7, 11) is -3.13. The summed E-state index contributed by atoms with van der Waals surface area (Å²) in [4.78, 5) is 0. The quantitative estimate of drug-likeness (QED) is 0.141. The van der Waals surface area contributed by atoms with Crippen molar-refractivity contribution in [1.29, 1.82) is 0 Å². The molecule has 0 amide bonds. The molecule has 0 saturated carbocycles. The number of hydrogen-bond donors (Lipinski definition) is 0. The average molecular weight is 593 g/mol. The van der Waals surface area contributed by atoms with Crippen molar-refractivity contribution in [2.75, 3.05) is 0 Å². The van der Waals surface area contributed by atoms with Crippen LogP contribution in [0.3, 0.4) is 0 Å². The van der Waals surface area contributed by atoms with Gasteiger partial charge in [-0.25, -0.2) is 0 Å². The largest absolute Gasteiger partial charge is 0.452 e. The van der Waals surface area contributed by atoms with Crippen LogP contribution in [0.25, 0.3) is 0 Å². The lowest BCUT2D eigenvalue weighted by molar-refractivity contribution is 0.425. The van der Waals surface area contributed by atoms with Gasteiger partial charge in [0.1, 0.15) is 11.1 Å². The lowest BCUT2D eigenvalue weighted by Gasteiger charge is -2.39. The van der Waals surface area contributed by atoms with Gasteiger partial charge in [0.15, 0.2) is 5.75 Å². The predicted molar refractivity (Wildman–Crippen MR) is 188 cm³/mol. The van der Waals surface area contributed by atoms with E-state index in [0.29, 0.717) is 0 Å². The average Bonchev–Trinajstić information content (AvgIpc) is 3.06. The first kappa shape index (κ1) is 27.8. The third-order valence-electron chi connectivity index (χ3n) is 8.61. The van der Waals surface area contributed by atoms with Gasteiger partial charge in [0.25, 0.3) is 0 Å². The molecule has 1 heterocycles. The molecule has 0 N–H and O–H groups in total. The summed E-state index contributed by atoms with van der Waals surface area (Å²) in [5, 5.41) is 7.53. The molecule has 0 atom stereocenters. The van der Waals surface area contributed by atoms with Crippen LogP contribution in [-0.4, -0.2) is 0 Å². The SMILES string of the molecule is [CH2-][P+](c1ccccc1)(c1ccccc1)c1cccc2c1Oc1c(P(c3ccccc3)c3ccccc3)cccc1C2(C)C. The van der Waals surface area contributed by atoms with Crippen molar-refractivity contribution in [3.05, 3.63) is 176 Å².